The zero-order valence-electron chi connectivity index (χ0n) is 6.16. The van der Waals surface area contributed by atoms with E-state index in [4.69, 9.17) is 30.8 Å². The summed E-state index contributed by atoms with van der Waals surface area (Å²) >= 11 is 3.24. The Morgan fingerprint density at radius 2 is 1.00 bits per heavy atom. The van der Waals surface area contributed by atoms with Gasteiger partial charge in [-0.25, -0.2) is 0 Å². The Morgan fingerprint density at radius 3 is 1.00 bits per heavy atom. The number of rotatable bonds is 0. The molecule has 0 amide bonds. The minimum Gasteiger partial charge on any atom is -0.780 e. The smallest absolute Gasteiger partial charge is 0.780 e. The van der Waals surface area contributed by atoms with Crippen molar-refractivity contribution >= 4 is 30.6 Å². The van der Waals surface area contributed by atoms with Crippen LogP contribution >= 0.6 is 0 Å². The van der Waals surface area contributed by atoms with Gasteiger partial charge in [-0.15, -0.1) is 9.05 Å². The zero-order valence-corrected chi connectivity index (χ0v) is 12.6. The zero-order chi connectivity index (χ0) is 9.00. The third-order valence-corrected chi connectivity index (χ3v) is 0. The normalized spacial score (nSPS) is 9.67. The second-order valence-electron chi connectivity index (χ2n) is 0.856. The molecule has 0 saturated carbocycles. The summed E-state index contributed by atoms with van der Waals surface area (Å²) in [7, 11) is -9.00. The van der Waals surface area contributed by atoms with Crippen LogP contribution in [0.5, 0.6) is 0 Å². The first-order valence-electron chi connectivity index (χ1n) is 1.37. The van der Waals surface area contributed by atoms with E-state index in [1.54, 1.807) is 0 Å². The van der Waals surface area contributed by atoms with Gasteiger partial charge in [-0.1, -0.05) is 0 Å². The maximum absolute atomic E-state index is 8.89. The summed E-state index contributed by atoms with van der Waals surface area (Å²) in [6, 6.07) is 0. The molecule has 12 heteroatoms. The first-order chi connectivity index (χ1) is 4.00. The van der Waals surface area contributed by atoms with Crippen molar-refractivity contribution in [1.29, 1.82) is 0 Å². The van der Waals surface area contributed by atoms with Gasteiger partial charge in [-0.3, -0.25) is 13.3 Å². The molecule has 64 valence electrons. The van der Waals surface area contributed by atoms with E-state index in [1.807, 2.05) is 0 Å². The average Bonchev–Trinajstić information content (AvgIpc) is 1.12. The molecule has 0 bridgehead atoms. The van der Waals surface area contributed by atoms with Crippen LogP contribution < -0.4 is 59.1 Å². The second kappa shape index (κ2) is 9.71. The van der Waals surface area contributed by atoms with Crippen LogP contribution in [0.25, 0.3) is 0 Å². The molecule has 0 heterocycles. The Balaban J connectivity index is -0.0000000457. The molecule has 7 nitrogen and oxygen atoms in total. The first kappa shape index (κ1) is 23.8. The molecule has 0 radical (unpaired) electrons. The van der Waals surface area contributed by atoms with Crippen molar-refractivity contribution in [3.8, 4) is 0 Å². The molecule has 0 atom stereocenters. The van der Waals surface area contributed by atoms with Crippen molar-refractivity contribution in [3.63, 3.8) is 0 Å². The minimum atomic E-state index is -4.67. The quantitative estimate of drug-likeness (QED) is 0.322. The van der Waals surface area contributed by atoms with Crippen molar-refractivity contribution < 1.29 is 90.0 Å². The Morgan fingerprint density at radius 1 is 1.00 bits per heavy atom. The molecule has 0 fully saturated rings. The third kappa shape index (κ3) is 325. The SMILES string of the molecule is O=S(=O)(O)O.O=S([O-])([O-])=S.[Na+].[Na+]. The van der Waals surface area contributed by atoms with Crippen LogP contribution in [-0.2, 0) is 30.6 Å². The summed E-state index contributed by atoms with van der Waals surface area (Å²) in [6.07, 6.45) is 0. The van der Waals surface area contributed by atoms with E-state index < -0.39 is 19.5 Å². The Labute approximate surface area is 119 Å². The van der Waals surface area contributed by atoms with Crippen molar-refractivity contribution in [2.45, 2.75) is 0 Å². The van der Waals surface area contributed by atoms with Gasteiger partial charge in [0.2, 0.25) is 0 Å². The molecule has 0 aliphatic heterocycles. The minimum absolute atomic E-state index is 0. The van der Waals surface area contributed by atoms with Crippen molar-refractivity contribution in [2.75, 3.05) is 0 Å². The van der Waals surface area contributed by atoms with Crippen molar-refractivity contribution in [3.05, 3.63) is 0 Å². The first-order valence-corrected chi connectivity index (χ1v) is 5.10. The fourth-order valence-electron chi connectivity index (χ4n) is 0. The fourth-order valence-corrected chi connectivity index (χ4v) is 0. The predicted molar refractivity (Wildman–Crippen MR) is 31.2 cm³/mol. The van der Waals surface area contributed by atoms with Gasteiger partial charge in [0.1, 0.15) is 0 Å². The van der Waals surface area contributed by atoms with Crippen LogP contribution in [0.1, 0.15) is 0 Å². The van der Waals surface area contributed by atoms with E-state index in [0.717, 1.165) is 0 Å². The summed E-state index contributed by atoms with van der Waals surface area (Å²) in [5.74, 6) is 0. The standard InChI is InChI=1S/2Na.H2O4S.H2O3S2/c;;2*1-5(2,3)4/h;;2*(H2,1,2,3,4)/q2*+1;;/p-2. The summed E-state index contributed by atoms with van der Waals surface area (Å²) in [5.41, 5.74) is 0. The molecule has 0 spiro atoms. The van der Waals surface area contributed by atoms with Gasteiger partial charge >= 0.3 is 69.5 Å². The van der Waals surface area contributed by atoms with Gasteiger partial charge in [0.25, 0.3) is 0 Å². The molecule has 0 rings (SSSR count). The second-order valence-corrected chi connectivity index (χ2v) is 3.79. The number of hydrogen-bond donors (Lipinski definition) is 2. The van der Waals surface area contributed by atoms with Crippen LogP contribution in [0.2, 0.25) is 0 Å². The molecule has 0 aliphatic rings. The Kier molecular flexibility index (Phi) is 19.2. The topological polar surface area (TPSA) is 138 Å². The molecule has 12 heavy (non-hydrogen) atoms. The maximum atomic E-state index is 8.89. The molecular weight excluding hydrogens is 254 g/mol. The molecule has 0 aromatic rings. The van der Waals surface area contributed by atoms with Crippen molar-refractivity contribution in [1.82, 2.24) is 0 Å². The van der Waals surface area contributed by atoms with E-state index in [9.17, 15) is 0 Å². The summed E-state index contributed by atoms with van der Waals surface area (Å²) in [6.45, 7) is 0. The molecule has 2 N–H and O–H groups in total. The molecule has 0 aliphatic carbocycles. The molecule has 0 saturated heterocycles. The fraction of sp³-hybridized carbons (Fsp3) is 0. The van der Waals surface area contributed by atoms with Crippen LogP contribution in [0.4, 0.5) is 0 Å². The van der Waals surface area contributed by atoms with Gasteiger partial charge in [0.15, 0.2) is 0 Å². The van der Waals surface area contributed by atoms with Crippen LogP contribution in [0.3, 0.4) is 0 Å². The van der Waals surface area contributed by atoms with E-state index in [0.29, 0.717) is 0 Å². The third-order valence-electron chi connectivity index (χ3n) is 0. The van der Waals surface area contributed by atoms with Gasteiger partial charge in [-0.05, 0) is 11.2 Å². The monoisotopic (exact) mass is 256 g/mol. The summed E-state index contributed by atoms with van der Waals surface area (Å²) < 4.78 is 58.3. The Hall–Kier alpha value is 2.16. The number of hydrogen-bond acceptors (Lipinski definition) is 6. The molecule has 0 aromatic heterocycles. The predicted octanol–water partition coefficient (Wildman–Crippen LogP) is -7.65. The molecular formula is H2Na2O7S3. The van der Waals surface area contributed by atoms with E-state index in [2.05, 4.69) is 11.2 Å². The van der Waals surface area contributed by atoms with E-state index >= 15 is 0 Å². The van der Waals surface area contributed by atoms with Crippen LogP contribution in [-0.4, -0.2) is 30.8 Å². The van der Waals surface area contributed by atoms with Gasteiger partial charge in [0.05, 0.1) is 0 Å². The molecule has 0 aromatic carbocycles. The van der Waals surface area contributed by atoms with Gasteiger partial charge < -0.3 is 9.11 Å². The maximum Gasteiger partial charge on any atom is 1.00 e. The van der Waals surface area contributed by atoms with Gasteiger partial charge in [0, 0.05) is 0 Å². The van der Waals surface area contributed by atoms with Crippen molar-refractivity contribution in [2.24, 2.45) is 0 Å². The Bertz CT molecular complexity index is 213. The van der Waals surface area contributed by atoms with E-state index in [-0.39, 0.29) is 59.1 Å². The summed E-state index contributed by atoms with van der Waals surface area (Å²) in [5, 5.41) is 0. The largest absolute Gasteiger partial charge is 1.00 e. The van der Waals surface area contributed by atoms with E-state index in [1.165, 1.54) is 0 Å². The van der Waals surface area contributed by atoms with Crippen LogP contribution in [0.15, 0.2) is 0 Å². The molecule has 0 unspecified atom stereocenters. The van der Waals surface area contributed by atoms with Crippen LogP contribution in [0, 0.1) is 0 Å². The van der Waals surface area contributed by atoms with Gasteiger partial charge in [-0.2, -0.15) is 8.42 Å². The average molecular weight is 256 g/mol. The summed E-state index contributed by atoms with van der Waals surface area (Å²) in [4.78, 5) is 0.